The van der Waals surface area contributed by atoms with E-state index in [1.807, 2.05) is 6.08 Å². The Labute approximate surface area is 81.2 Å². The summed E-state index contributed by atoms with van der Waals surface area (Å²) in [5.74, 6) is 0.921. The van der Waals surface area contributed by atoms with Crippen molar-refractivity contribution in [2.24, 2.45) is 11.3 Å². The van der Waals surface area contributed by atoms with Crippen LogP contribution in [0.4, 0.5) is 0 Å². The van der Waals surface area contributed by atoms with Crippen molar-refractivity contribution in [2.45, 2.75) is 46.0 Å². The lowest BCUT2D eigenvalue weighted by molar-refractivity contribution is -0.144. The quantitative estimate of drug-likeness (QED) is 0.593. The fraction of sp³-hybridized carbons (Fsp3) is 0.750. The minimum atomic E-state index is -0.0161. The number of unbranched alkanes of at least 4 members (excludes halogenated alkanes) is 1. The van der Waals surface area contributed by atoms with Crippen molar-refractivity contribution in [2.75, 3.05) is 0 Å². The van der Waals surface area contributed by atoms with Crippen molar-refractivity contribution in [3.8, 4) is 0 Å². The predicted octanol–water partition coefficient (Wildman–Crippen LogP) is 3.35. The van der Waals surface area contributed by atoms with Gasteiger partial charge < -0.3 is 0 Å². The van der Waals surface area contributed by atoms with Gasteiger partial charge in [0.2, 0.25) is 0 Å². The average molecular weight is 180 g/mol. The maximum atomic E-state index is 11.6. The molecule has 0 aromatic heterocycles. The highest BCUT2D eigenvalue weighted by Crippen LogP contribution is 2.50. The Morgan fingerprint density at radius 3 is 2.69 bits per heavy atom. The number of carbonyl (C=O) groups is 1. The van der Waals surface area contributed by atoms with Crippen LogP contribution in [0.15, 0.2) is 12.7 Å². The Morgan fingerprint density at radius 2 is 2.31 bits per heavy atom. The molecule has 74 valence electrons. The van der Waals surface area contributed by atoms with E-state index < -0.39 is 0 Å². The zero-order chi connectivity index (χ0) is 9.90. The van der Waals surface area contributed by atoms with Crippen LogP contribution in [-0.2, 0) is 4.79 Å². The van der Waals surface area contributed by atoms with E-state index in [1.54, 1.807) is 0 Å². The highest BCUT2D eigenvalue weighted by Gasteiger charge is 2.50. The first-order valence-electron chi connectivity index (χ1n) is 5.37. The second-order valence-corrected chi connectivity index (χ2v) is 4.08. The van der Waals surface area contributed by atoms with E-state index in [4.69, 9.17) is 0 Å². The van der Waals surface area contributed by atoms with Gasteiger partial charge in [0.05, 0.1) is 0 Å². The molecule has 0 amide bonds. The predicted molar refractivity (Wildman–Crippen MR) is 55.6 cm³/mol. The highest BCUT2D eigenvalue weighted by molar-refractivity contribution is 5.92. The summed E-state index contributed by atoms with van der Waals surface area (Å²) in [6.45, 7) is 8.12. The van der Waals surface area contributed by atoms with E-state index in [1.165, 1.54) is 12.8 Å². The number of hydrogen-bond donors (Lipinski definition) is 0. The maximum Gasteiger partial charge on any atom is 0.140 e. The Hall–Kier alpha value is -0.590. The van der Waals surface area contributed by atoms with Crippen LogP contribution in [0.25, 0.3) is 0 Å². The molecule has 1 aliphatic carbocycles. The van der Waals surface area contributed by atoms with Gasteiger partial charge in [0.25, 0.3) is 0 Å². The monoisotopic (exact) mass is 180 g/mol. The van der Waals surface area contributed by atoms with Crippen molar-refractivity contribution in [3.63, 3.8) is 0 Å². The Bertz CT molecular complexity index is 207. The summed E-state index contributed by atoms with van der Waals surface area (Å²) < 4.78 is 0. The fourth-order valence-corrected chi connectivity index (χ4v) is 2.44. The third-order valence-corrected chi connectivity index (χ3v) is 3.56. The summed E-state index contributed by atoms with van der Waals surface area (Å²) in [6, 6.07) is 0. The third-order valence-electron chi connectivity index (χ3n) is 3.56. The molecule has 0 heterocycles. The van der Waals surface area contributed by atoms with Gasteiger partial charge >= 0.3 is 0 Å². The Kier molecular flexibility index (Phi) is 3.29. The summed E-state index contributed by atoms with van der Waals surface area (Å²) in [6.07, 6.45) is 7.11. The molecule has 0 aromatic carbocycles. The molecule has 2 unspecified atom stereocenters. The van der Waals surface area contributed by atoms with E-state index >= 15 is 0 Å². The molecular weight excluding hydrogens is 160 g/mol. The standard InChI is InChI=1S/C12H20O/c1-4-7-8-12(6-3)10(5-2)9-11(12)13/h5,10H,2,4,6-9H2,1,3H3. The van der Waals surface area contributed by atoms with E-state index in [9.17, 15) is 4.79 Å². The summed E-state index contributed by atoms with van der Waals surface area (Å²) in [5, 5.41) is 0. The first kappa shape index (κ1) is 10.5. The zero-order valence-electron chi connectivity index (χ0n) is 8.81. The van der Waals surface area contributed by atoms with Gasteiger partial charge in [-0.2, -0.15) is 0 Å². The largest absolute Gasteiger partial charge is 0.299 e. The molecule has 0 saturated heterocycles. The van der Waals surface area contributed by atoms with Crippen LogP contribution < -0.4 is 0 Å². The molecule has 1 fully saturated rings. The molecule has 1 heteroatoms. The molecule has 2 atom stereocenters. The third kappa shape index (κ3) is 1.56. The average Bonchev–Trinajstić information content (AvgIpc) is 2.15. The molecule has 0 aromatic rings. The minimum Gasteiger partial charge on any atom is -0.299 e. The second kappa shape index (κ2) is 4.08. The van der Waals surface area contributed by atoms with Crippen LogP contribution in [0.1, 0.15) is 46.0 Å². The molecule has 1 nitrogen and oxygen atoms in total. The summed E-state index contributed by atoms with van der Waals surface area (Å²) in [7, 11) is 0. The molecule has 0 N–H and O–H groups in total. The van der Waals surface area contributed by atoms with Crippen molar-refractivity contribution in [1.82, 2.24) is 0 Å². The Morgan fingerprint density at radius 1 is 1.62 bits per heavy atom. The Balaban J connectivity index is 2.65. The van der Waals surface area contributed by atoms with Gasteiger partial charge in [-0.1, -0.05) is 32.8 Å². The number of ketones is 1. The van der Waals surface area contributed by atoms with Crippen molar-refractivity contribution < 1.29 is 4.79 Å². The molecule has 0 spiro atoms. The highest BCUT2D eigenvalue weighted by atomic mass is 16.1. The smallest absolute Gasteiger partial charge is 0.140 e. The van der Waals surface area contributed by atoms with Gasteiger partial charge in [0.15, 0.2) is 0 Å². The number of carbonyl (C=O) groups excluding carboxylic acids is 1. The fourth-order valence-electron chi connectivity index (χ4n) is 2.44. The van der Waals surface area contributed by atoms with Crippen molar-refractivity contribution >= 4 is 5.78 Å². The minimum absolute atomic E-state index is 0.0161. The van der Waals surface area contributed by atoms with Gasteiger partial charge in [-0.15, -0.1) is 6.58 Å². The lowest BCUT2D eigenvalue weighted by Crippen LogP contribution is -2.48. The van der Waals surface area contributed by atoms with Crippen LogP contribution in [0, 0.1) is 11.3 Å². The van der Waals surface area contributed by atoms with Gasteiger partial charge in [0.1, 0.15) is 5.78 Å². The van der Waals surface area contributed by atoms with Crippen LogP contribution in [0.2, 0.25) is 0 Å². The first-order chi connectivity index (χ1) is 6.21. The second-order valence-electron chi connectivity index (χ2n) is 4.08. The molecule has 0 aliphatic heterocycles. The number of rotatable bonds is 5. The van der Waals surface area contributed by atoms with Gasteiger partial charge in [-0.05, 0) is 18.8 Å². The van der Waals surface area contributed by atoms with Crippen LogP contribution in [-0.4, -0.2) is 5.78 Å². The van der Waals surface area contributed by atoms with E-state index in [0.29, 0.717) is 11.7 Å². The lowest BCUT2D eigenvalue weighted by atomic mass is 9.55. The van der Waals surface area contributed by atoms with Crippen LogP contribution in [0.3, 0.4) is 0 Å². The first-order valence-corrected chi connectivity index (χ1v) is 5.37. The van der Waals surface area contributed by atoms with Gasteiger partial charge in [-0.3, -0.25) is 4.79 Å². The SMILES string of the molecule is C=CC1CC(=O)C1(CC)CCCC. The molecular formula is C12H20O. The van der Waals surface area contributed by atoms with Crippen LogP contribution in [0.5, 0.6) is 0 Å². The molecule has 1 aliphatic rings. The molecule has 13 heavy (non-hydrogen) atoms. The molecule has 0 radical (unpaired) electrons. The summed E-state index contributed by atoms with van der Waals surface area (Å²) in [4.78, 5) is 11.6. The van der Waals surface area contributed by atoms with Crippen molar-refractivity contribution in [1.29, 1.82) is 0 Å². The number of allylic oxidation sites excluding steroid dienone is 1. The number of hydrogen-bond acceptors (Lipinski definition) is 1. The zero-order valence-corrected chi connectivity index (χ0v) is 8.81. The van der Waals surface area contributed by atoms with Crippen molar-refractivity contribution in [3.05, 3.63) is 12.7 Å². The summed E-state index contributed by atoms with van der Waals surface area (Å²) in [5.41, 5.74) is -0.0161. The molecule has 1 saturated carbocycles. The maximum absolute atomic E-state index is 11.6. The molecule has 0 bridgehead atoms. The van der Waals surface area contributed by atoms with Gasteiger partial charge in [0, 0.05) is 11.8 Å². The number of Topliss-reactive ketones (excluding diaryl/α,β-unsaturated/α-hetero) is 1. The lowest BCUT2D eigenvalue weighted by Gasteiger charge is -2.46. The van der Waals surface area contributed by atoms with E-state index in [2.05, 4.69) is 20.4 Å². The normalized spacial score (nSPS) is 32.8. The summed E-state index contributed by atoms with van der Waals surface area (Å²) >= 11 is 0. The van der Waals surface area contributed by atoms with E-state index in [-0.39, 0.29) is 5.41 Å². The molecule has 1 rings (SSSR count). The van der Waals surface area contributed by atoms with Crippen LogP contribution >= 0.6 is 0 Å². The van der Waals surface area contributed by atoms with Gasteiger partial charge in [-0.25, -0.2) is 0 Å². The topological polar surface area (TPSA) is 17.1 Å². The van der Waals surface area contributed by atoms with E-state index in [0.717, 1.165) is 19.3 Å².